The van der Waals surface area contributed by atoms with Gasteiger partial charge < -0.3 is 13.7 Å². The molecule has 1 amide bonds. The summed E-state index contributed by atoms with van der Waals surface area (Å²) in [6, 6.07) is 17.0. The number of hydrogen-bond acceptors (Lipinski definition) is 7. The first kappa shape index (κ1) is 23.1. The Morgan fingerprint density at radius 3 is 2.58 bits per heavy atom. The molecular formula is C24H23ClN4O3S. The van der Waals surface area contributed by atoms with Crippen molar-refractivity contribution in [3.63, 3.8) is 0 Å². The third kappa shape index (κ3) is 5.83. The summed E-state index contributed by atoms with van der Waals surface area (Å²) in [5, 5.41) is 8.72. The van der Waals surface area contributed by atoms with Crippen molar-refractivity contribution >= 4 is 29.3 Å². The van der Waals surface area contributed by atoms with Crippen LogP contribution in [-0.4, -0.2) is 37.8 Å². The molecule has 7 nitrogen and oxygen atoms in total. The number of thioether (sulfide) groups is 1. The first-order valence-corrected chi connectivity index (χ1v) is 12.0. The maximum atomic E-state index is 12.9. The van der Waals surface area contributed by atoms with E-state index in [4.69, 9.17) is 20.4 Å². The van der Waals surface area contributed by atoms with Crippen LogP contribution in [0.5, 0.6) is 0 Å². The topological polar surface area (TPSA) is 85.3 Å². The van der Waals surface area contributed by atoms with E-state index in [0.717, 1.165) is 11.3 Å². The Bertz CT molecular complexity index is 1210. The van der Waals surface area contributed by atoms with Gasteiger partial charge in [-0.05, 0) is 38.1 Å². The van der Waals surface area contributed by atoms with Crippen LogP contribution in [-0.2, 0) is 17.1 Å². The van der Waals surface area contributed by atoms with Gasteiger partial charge >= 0.3 is 0 Å². The molecule has 0 aliphatic rings. The normalized spacial score (nSPS) is 11.2. The Morgan fingerprint density at radius 1 is 1.06 bits per heavy atom. The predicted molar refractivity (Wildman–Crippen MR) is 129 cm³/mol. The third-order valence-electron chi connectivity index (χ3n) is 4.87. The molecule has 9 heteroatoms. The number of rotatable bonds is 9. The van der Waals surface area contributed by atoms with Crippen LogP contribution in [0.15, 0.2) is 69.7 Å². The van der Waals surface area contributed by atoms with Crippen LogP contribution in [0.4, 0.5) is 0 Å². The molecule has 4 aromatic rings. The molecule has 2 aromatic heterocycles. The van der Waals surface area contributed by atoms with Crippen LogP contribution >= 0.6 is 23.4 Å². The van der Waals surface area contributed by atoms with Gasteiger partial charge in [0.15, 0.2) is 0 Å². The number of carbonyl (C=O) groups excluding carboxylic acids is 1. The quantitative estimate of drug-likeness (QED) is 0.301. The van der Waals surface area contributed by atoms with Crippen LogP contribution in [0.25, 0.3) is 22.9 Å². The molecule has 0 aliphatic carbocycles. The van der Waals surface area contributed by atoms with E-state index < -0.39 is 0 Å². The number of hydrogen-bond donors (Lipinski definition) is 0. The van der Waals surface area contributed by atoms with Crippen molar-refractivity contribution in [3.8, 4) is 22.9 Å². The van der Waals surface area contributed by atoms with Gasteiger partial charge in [-0.2, -0.15) is 0 Å². The molecule has 4 rings (SSSR count). The Kier molecular flexibility index (Phi) is 7.47. The van der Waals surface area contributed by atoms with Crippen molar-refractivity contribution in [2.24, 2.45) is 0 Å². The second-order valence-electron chi connectivity index (χ2n) is 7.60. The number of nitrogens with zero attached hydrogens (tertiary/aromatic N) is 4. The molecule has 2 heterocycles. The van der Waals surface area contributed by atoms with Crippen LogP contribution in [0.1, 0.15) is 25.4 Å². The van der Waals surface area contributed by atoms with Gasteiger partial charge in [0.1, 0.15) is 6.26 Å². The fraction of sp³-hybridized carbons (Fsp3) is 0.250. The molecule has 0 bridgehead atoms. The van der Waals surface area contributed by atoms with Crippen molar-refractivity contribution < 1.29 is 13.6 Å². The minimum Gasteiger partial charge on any atom is -0.444 e. The Balaban J connectivity index is 1.34. The van der Waals surface area contributed by atoms with E-state index in [0.29, 0.717) is 39.8 Å². The van der Waals surface area contributed by atoms with Gasteiger partial charge in [0.2, 0.25) is 23.6 Å². The summed E-state index contributed by atoms with van der Waals surface area (Å²) in [5.41, 5.74) is 2.38. The molecule has 0 saturated heterocycles. The molecule has 0 fully saturated rings. The SMILES string of the molecule is CC(C)N(Cc1nnc(-c2ccccc2Cl)o1)C(=O)CSCc1coc(-c2ccccc2)n1. The molecule has 0 radical (unpaired) electrons. The molecule has 0 aliphatic heterocycles. The zero-order chi connectivity index (χ0) is 23.2. The largest absolute Gasteiger partial charge is 0.444 e. The van der Waals surface area contributed by atoms with E-state index in [1.165, 1.54) is 11.8 Å². The first-order chi connectivity index (χ1) is 16.0. The van der Waals surface area contributed by atoms with Gasteiger partial charge in [-0.1, -0.05) is 41.9 Å². The highest BCUT2D eigenvalue weighted by Crippen LogP contribution is 2.27. The monoisotopic (exact) mass is 482 g/mol. The van der Waals surface area contributed by atoms with Crippen molar-refractivity contribution in [2.75, 3.05) is 5.75 Å². The van der Waals surface area contributed by atoms with Crippen molar-refractivity contribution in [2.45, 2.75) is 32.2 Å². The van der Waals surface area contributed by atoms with E-state index in [-0.39, 0.29) is 18.5 Å². The first-order valence-electron chi connectivity index (χ1n) is 10.5. The summed E-state index contributed by atoms with van der Waals surface area (Å²) in [7, 11) is 0. The number of carbonyl (C=O) groups is 1. The molecule has 0 atom stereocenters. The Morgan fingerprint density at radius 2 is 1.82 bits per heavy atom. The molecule has 0 saturated carbocycles. The molecule has 33 heavy (non-hydrogen) atoms. The molecule has 0 spiro atoms. The minimum atomic E-state index is -0.0227. The summed E-state index contributed by atoms with van der Waals surface area (Å²) in [4.78, 5) is 19.1. The second kappa shape index (κ2) is 10.7. The Labute approximate surface area is 201 Å². The molecule has 2 aromatic carbocycles. The van der Waals surface area contributed by atoms with E-state index in [1.807, 2.05) is 62.4 Å². The average molecular weight is 483 g/mol. The molecule has 0 unspecified atom stereocenters. The molecule has 170 valence electrons. The predicted octanol–water partition coefficient (Wildman–Crippen LogP) is 5.72. The van der Waals surface area contributed by atoms with Crippen LogP contribution in [0.2, 0.25) is 5.02 Å². The lowest BCUT2D eigenvalue weighted by Crippen LogP contribution is -2.37. The number of amides is 1. The summed E-state index contributed by atoms with van der Waals surface area (Å²) >= 11 is 7.70. The van der Waals surface area contributed by atoms with Gasteiger partial charge in [-0.25, -0.2) is 4.98 Å². The summed E-state index contributed by atoms with van der Waals surface area (Å²) in [5.74, 6) is 2.14. The van der Waals surface area contributed by atoms with Crippen LogP contribution < -0.4 is 0 Å². The zero-order valence-corrected chi connectivity index (χ0v) is 19.8. The lowest BCUT2D eigenvalue weighted by molar-refractivity contribution is -0.131. The summed E-state index contributed by atoms with van der Waals surface area (Å²) < 4.78 is 11.3. The average Bonchev–Trinajstić information content (AvgIpc) is 3.48. The highest BCUT2D eigenvalue weighted by atomic mass is 35.5. The van der Waals surface area contributed by atoms with E-state index in [9.17, 15) is 4.79 Å². The maximum Gasteiger partial charge on any atom is 0.249 e. The lowest BCUT2D eigenvalue weighted by Gasteiger charge is -2.25. The third-order valence-corrected chi connectivity index (χ3v) is 6.15. The highest BCUT2D eigenvalue weighted by molar-refractivity contribution is 7.99. The van der Waals surface area contributed by atoms with Crippen molar-refractivity contribution in [1.82, 2.24) is 20.1 Å². The fourth-order valence-electron chi connectivity index (χ4n) is 3.18. The zero-order valence-electron chi connectivity index (χ0n) is 18.3. The standard InChI is InChI=1S/C24H23ClN4O3S/c1-16(2)29(12-21-27-28-24(32-21)19-10-6-7-11-20(19)25)22(30)15-33-14-18-13-31-23(26-18)17-8-4-3-5-9-17/h3-11,13,16H,12,14-15H2,1-2H3. The van der Waals surface area contributed by atoms with Crippen molar-refractivity contribution in [1.29, 1.82) is 0 Å². The van der Waals surface area contributed by atoms with Crippen LogP contribution in [0, 0.1) is 0 Å². The molecular weight excluding hydrogens is 460 g/mol. The fourth-order valence-corrected chi connectivity index (χ4v) is 4.18. The van der Waals surface area contributed by atoms with E-state index in [1.54, 1.807) is 17.2 Å². The number of halogens is 1. The number of aromatic nitrogens is 3. The van der Waals surface area contributed by atoms with Gasteiger partial charge in [0.05, 0.1) is 28.6 Å². The van der Waals surface area contributed by atoms with E-state index in [2.05, 4.69) is 15.2 Å². The smallest absolute Gasteiger partial charge is 0.249 e. The van der Waals surface area contributed by atoms with Gasteiger partial charge in [0, 0.05) is 17.4 Å². The number of benzene rings is 2. The number of oxazole rings is 1. The van der Waals surface area contributed by atoms with Gasteiger partial charge in [-0.15, -0.1) is 22.0 Å². The Hall–Kier alpha value is -3.10. The van der Waals surface area contributed by atoms with Crippen molar-refractivity contribution in [3.05, 3.63) is 77.5 Å². The highest BCUT2D eigenvalue weighted by Gasteiger charge is 2.21. The minimum absolute atomic E-state index is 0.0146. The maximum absolute atomic E-state index is 12.9. The van der Waals surface area contributed by atoms with Gasteiger partial charge in [0.25, 0.3) is 0 Å². The van der Waals surface area contributed by atoms with E-state index >= 15 is 0 Å². The van der Waals surface area contributed by atoms with Gasteiger partial charge in [-0.3, -0.25) is 4.79 Å². The van der Waals surface area contributed by atoms with Crippen LogP contribution in [0.3, 0.4) is 0 Å². The second-order valence-corrected chi connectivity index (χ2v) is 8.99. The molecule has 0 N–H and O–H groups in total. The summed E-state index contributed by atoms with van der Waals surface area (Å²) in [6.45, 7) is 4.14. The lowest BCUT2D eigenvalue weighted by atomic mass is 10.2. The summed E-state index contributed by atoms with van der Waals surface area (Å²) in [6.07, 6.45) is 1.63.